The summed E-state index contributed by atoms with van der Waals surface area (Å²) in [5.41, 5.74) is 0.0197. The third-order valence-corrected chi connectivity index (χ3v) is 1.55. The Morgan fingerprint density at radius 3 is 2.79 bits per heavy atom. The van der Waals surface area contributed by atoms with E-state index in [1.807, 2.05) is 0 Å². The summed E-state index contributed by atoms with van der Waals surface area (Å²) in [6.07, 6.45) is 0. The second-order valence-corrected chi connectivity index (χ2v) is 2.61. The number of rotatable bonds is 3. The summed E-state index contributed by atoms with van der Waals surface area (Å²) in [4.78, 5) is 14.4. The van der Waals surface area contributed by atoms with E-state index in [2.05, 4.69) is 4.98 Å². The maximum Gasteiger partial charge on any atom is 0.341 e. The molecular formula is C8H8ClLiNO3. The van der Waals surface area contributed by atoms with Gasteiger partial charge in [-0.15, -0.1) is 0 Å². The van der Waals surface area contributed by atoms with Crippen molar-refractivity contribution in [3.8, 4) is 5.88 Å². The molecule has 0 amide bonds. The van der Waals surface area contributed by atoms with Crippen LogP contribution in [-0.4, -0.2) is 41.5 Å². The van der Waals surface area contributed by atoms with Gasteiger partial charge in [0.2, 0.25) is 5.88 Å². The average Bonchev–Trinajstić information content (AvgIpc) is 2.04. The summed E-state index contributed by atoms with van der Waals surface area (Å²) in [5.74, 6) is -1.02. The maximum atomic E-state index is 10.6. The number of carbonyl (C=O) groups is 1. The molecule has 0 atom stereocenters. The summed E-state index contributed by atoms with van der Waals surface area (Å²) in [6.45, 7) is 2.10. The molecule has 0 aliphatic heterocycles. The first-order valence-corrected chi connectivity index (χ1v) is 4.05. The summed E-state index contributed by atoms with van der Waals surface area (Å²) >= 11 is 5.57. The number of aromatic carboxylic acids is 1. The van der Waals surface area contributed by atoms with Crippen LogP contribution in [0.1, 0.15) is 17.3 Å². The van der Waals surface area contributed by atoms with E-state index < -0.39 is 5.97 Å². The van der Waals surface area contributed by atoms with E-state index in [-0.39, 0.29) is 35.5 Å². The smallest absolute Gasteiger partial charge is 0.341 e. The van der Waals surface area contributed by atoms with E-state index in [4.69, 9.17) is 21.4 Å². The van der Waals surface area contributed by atoms with Crippen LogP contribution < -0.4 is 4.74 Å². The number of nitrogens with zero attached hydrogens (tertiary/aromatic N) is 1. The van der Waals surface area contributed by atoms with Gasteiger partial charge in [-0.05, 0) is 19.1 Å². The van der Waals surface area contributed by atoms with E-state index in [9.17, 15) is 4.79 Å². The Kier molecular flexibility index (Phi) is 5.62. The Morgan fingerprint density at radius 2 is 2.29 bits per heavy atom. The van der Waals surface area contributed by atoms with Crippen molar-refractivity contribution in [2.45, 2.75) is 6.92 Å². The molecule has 1 aromatic heterocycles. The van der Waals surface area contributed by atoms with Crippen LogP contribution in [0.2, 0.25) is 5.15 Å². The van der Waals surface area contributed by atoms with Gasteiger partial charge in [-0.2, -0.15) is 0 Å². The van der Waals surface area contributed by atoms with Gasteiger partial charge in [0.1, 0.15) is 10.7 Å². The summed E-state index contributed by atoms with van der Waals surface area (Å²) in [7, 11) is 0. The molecule has 0 aliphatic rings. The number of carboxylic acid groups (broad SMARTS) is 1. The van der Waals surface area contributed by atoms with Crippen LogP contribution in [0.4, 0.5) is 0 Å². The molecule has 0 bridgehead atoms. The first kappa shape index (κ1) is 13.3. The van der Waals surface area contributed by atoms with Crippen LogP contribution in [-0.2, 0) is 0 Å². The Hall–Kier alpha value is -0.693. The second kappa shape index (κ2) is 5.92. The Bertz CT molecular complexity index is 332. The number of pyridine rings is 1. The molecule has 71 valence electrons. The molecule has 1 N–H and O–H groups in total. The molecule has 0 unspecified atom stereocenters. The van der Waals surface area contributed by atoms with Gasteiger partial charge in [0, 0.05) is 18.9 Å². The minimum absolute atomic E-state index is 0. The summed E-state index contributed by atoms with van der Waals surface area (Å²) in [5, 5.41) is 8.94. The number of halogens is 1. The average molecular weight is 209 g/mol. The Labute approximate surface area is 98.4 Å². The Balaban J connectivity index is 0.00000169. The van der Waals surface area contributed by atoms with Crippen LogP contribution in [0.5, 0.6) is 5.88 Å². The van der Waals surface area contributed by atoms with Gasteiger partial charge in [0.15, 0.2) is 0 Å². The van der Waals surface area contributed by atoms with Crippen molar-refractivity contribution in [3.05, 3.63) is 22.8 Å². The molecule has 0 aromatic carbocycles. The van der Waals surface area contributed by atoms with Crippen LogP contribution in [0.25, 0.3) is 0 Å². The maximum absolute atomic E-state index is 10.6. The van der Waals surface area contributed by atoms with Crippen molar-refractivity contribution in [2.24, 2.45) is 0 Å². The molecule has 6 heteroatoms. The Morgan fingerprint density at radius 1 is 1.64 bits per heavy atom. The summed E-state index contributed by atoms with van der Waals surface area (Å²) in [6, 6.07) is 2.77. The summed E-state index contributed by atoms with van der Waals surface area (Å²) < 4.78 is 5.00. The van der Waals surface area contributed by atoms with Gasteiger partial charge in [-0.1, -0.05) is 11.6 Å². The van der Waals surface area contributed by atoms with Crippen LogP contribution >= 0.6 is 11.6 Å². The number of hydrogen-bond acceptors (Lipinski definition) is 3. The van der Waals surface area contributed by atoms with E-state index in [1.165, 1.54) is 12.1 Å². The van der Waals surface area contributed by atoms with Gasteiger partial charge in [-0.25, -0.2) is 9.78 Å². The molecule has 1 heterocycles. The molecule has 0 saturated carbocycles. The molecule has 0 fully saturated rings. The van der Waals surface area contributed by atoms with Crippen LogP contribution in [0.3, 0.4) is 0 Å². The normalized spacial score (nSPS) is 9.00. The predicted molar refractivity (Wildman–Crippen MR) is 53.1 cm³/mol. The SMILES string of the molecule is CCOc1nc(Cl)ccc1C(=O)O.[Li]. The largest absolute Gasteiger partial charge is 0.477 e. The molecule has 1 rings (SSSR count). The van der Waals surface area contributed by atoms with E-state index in [0.717, 1.165) is 0 Å². The van der Waals surface area contributed by atoms with Gasteiger partial charge in [0.05, 0.1) is 6.61 Å². The minimum Gasteiger partial charge on any atom is -0.477 e. The molecule has 0 spiro atoms. The minimum atomic E-state index is -1.08. The zero-order valence-electron chi connectivity index (χ0n) is 7.95. The van der Waals surface area contributed by atoms with Crippen LogP contribution in [0, 0.1) is 0 Å². The first-order valence-electron chi connectivity index (χ1n) is 3.67. The standard InChI is InChI=1S/C8H8ClNO3.Li/c1-2-13-7-5(8(11)12)3-4-6(9)10-7;/h3-4H,2H2,1H3,(H,11,12);. The quantitative estimate of drug-likeness (QED) is 0.603. The molecule has 4 nitrogen and oxygen atoms in total. The number of aromatic nitrogens is 1. The van der Waals surface area contributed by atoms with Crippen molar-refractivity contribution in [1.29, 1.82) is 0 Å². The van der Waals surface area contributed by atoms with Crippen molar-refractivity contribution in [2.75, 3.05) is 6.61 Å². The molecule has 0 aliphatic carbocycles. The second-order valence-electron chi connectivity index (χ2n) is 2.22. The van der Waals surface area contributed by atoms with Crippen molar-refractivity contribution in [3.63, 3.8) is 0 Å². The van der Waals surface area contributed by atoms with Gasteiger partial charge >= 0.3 is 5.97 Å². The molecule has 1 radical (unpaired) electrons. The van der Waals surface area contributed by atoms with E-state index in [1.54, 1.807) is 6.92 Å². The van der Waals surface area contributed by atoms with Crippen LogP contribution in [0.15, 0.2) is 12.1 Å². The van der Waals surface area contributed by atoms with Gasteiger partial charge in [0.25, 0.3) is 0 Å². The fraction of sp³-hybridized carbons (Fsp3) is 0.250. The number of hydrogen-bond donors (Lipinski definition) is 1. The third kappa shape index (κ3) is 3.22. The zero-order chi connectivity index (χ0) is 9.84. The van der Waals surface area contributed by atoms with E-state index >= 15 is 0 Å². The third-order valence-electron chi connectivity index (χ3n) is 1.34. The molecule has 0 saturated heterocycles. The first-order chi connectivity index (χ1) is 6.15. The fourth-order valence-corrected chi connectivity index (χ4v) is 0.967. The monoisotopic (exact) mass is 208 g/mol. The van der Waals surface area contributed by atoms with Gasteiger partial charge in [-0.3, -0.25) is 0 Å². The predicted octanol–water partition coefficient (Wildman–Crippen LogP) is 1.45. The fourth-order valence-electron chi connectivity index (χ4n) is 0.827. The van der Waals surface area contributed by atoms with Crippen molar-refractivity contribution in [1.82, 2.24) is 4.98 Å². The number of carboxylic acids is 1. The van der Waals surface area contributed by atoms with E-state index in [0.29, 0.717) is 6.61 Å². The van der Waals surface area contributed by atoms with Crippen molar-refractivity contribution < 1.29 is 14.6 Å². The topological polar surface area (TPSA) is 59.4 Å². The zero-order valence-corrected chi connectivity index (χ0v) is 8.71. The molecular weight excluding hydrogens is 200 g/mol. The van der Waals surface area contributed by atoms with Crippen molar-refractivity contribution >= 4 is 36.4 Å². The molecule has 1 aromatic rings. The molecule has 14 heavy (non-hydrogen) atoms. The number of ether oxygens (including phenoxy) is 1. The van der Waals surface area contributed by atoms with Gasteiger partial charge < -0.3 is 9.84 Å².